The van der Waals surface area contributed by atoms with Crippen molar-refractivity contribution in [3.63, 3.8) is 0 Å². The summed E-state index contributed by atoms with van der Waals surface area (Å²) in [6, 6.07) is 3.20. The van der Waals surface area contributed by atoms with Crippen LogP contribution < -0.4 is 38.9 Å². The standard InChI is InChI=1S/C27H41N9O5S/c1-14(2)13-16(28)24(40)35-19(10-11-21(29)37)25(41)33-15(3)23(39)34-18(8-6-12-32-27(30)31)22(38)26-36-17-7-4-5-9-20(17)42-26/h4-5,7,9,14-16,18-19H,6,8,10-13,28H2,1-3H3,(H2,29,37)(H,33,41)(H,34,39)(H,35,40)(H4,30,31,32)/t15-,16-,18-,19-/m0/s1. The zero-order valence-corrected chi connectivity index (χ0v) is 24.9. The number of ketones is 1. The molecule has 2 aromatic rings. The molecule has 0 bridgehead atoms. The SMILES string of the molecule is CC(C)C[C@H](N)C(=O)N[C@@H](CCC(N)=O)C(=O)N[C@@H](C)C(=O)N[C@@H](CCCN=C(N)N)C(=O)c1nc2ccccc2s1. The first-order chi connectivity index (χ1) is 19.8. The van der Waals surface area contributed by atoms with Crippen molar-refractivity contribution in [2.75, 3.05) is 6.54 Å². The van der Waals surface area contributed by atoms with E-state index < -0.39 is 53.6 Å². The van der Waals surface area contributed by atoms with E-state index in [-0.39, 0.29) is 42.7 Å². The van der Waals surface area contributed by atoms with Crippen LogP contribution >= 0.6 is 11.3 Å². The van der Waals surface area contributed by atoms with Crippen molar-refractivity contribution in [2.24, 2.45) is 33.8 Å². The van der Waals surface area contributed by atoms with Crippen LogP contribution in [0.2, 0.25) is 0 Å². The molecule has 0 aliphatic heterocycles. The van der Waals surface area contributed by atoms with Gasteiger partial charge < -0.3 is 38.9 Å². The number of fused-ring (bicyclic) bond motifs is 1. The molecule has 1 aromatic heterocycles. The van der Waals surface area contributed by atoms with E-state index >= 15 is 0 Å². The quantitative estimate of drug-likeness (QED) is 0.0539. The average molecular weight is 604 g/mol. The number of benzene rings is 1. The molecule has 0 aliphatic carbocycles. The maximum absolute atomic E-state index is 13.4. The summed E-state index contributed by atoms with van der Waals surface area (Å²) in [7, 11) is 0. The third-order valence-corrected chi connectivity index (χ3v) is 7.26. The Morgan fingerprint density at radius 2 is 1.57 bits per heavy atom. The molecule has 15 heteroatoms. The number of primary amides is 1. The summed E-state index contributed by atoms with van der Waals surface area (Å²) in [5, 5.41) is 8.01. The Morgan fingerprint density at radius 1 is 0.905 bits per heavy atom. The number of Topliss-reactive ketones (excluding diaryl/α,β-unsaturated/α-hetero) is 1. The van der Waals surface area contributed by atoms with Crippen molar-refractivity contribution >= 4 is 56.9 Å². The van der Waals surface area contributed by atoms with E-state index in [2.05, 4.69) is 25.9 Å². The second kappa shape index (κ2) is 16.4. The van der Waals surface area contributed by atoms with Gasteiger partial charge in [0.05, 0.1) is 22.3 Å². The summed E-state index contributed by atoms with van der Waals surface area (Å²) in [6.45, 7) is 5.48. The van der Waals surface area contributed by atoms with E-state index in [0.717, 1.165) is 4.70 Å². The van der Waals surface area contributed by atoms with Gasteiger partial charge in [0.15, 0.2) is 11.0 Å². The number of rotatable bonds is 17. The lowest BCUT2D eigenvalue weighted by atomic mass is 10.0. The number of nitrogens with zero attached hydrogens (tertiary/aromatic N) is 2. The summed E-state index contributed by atoms with van der Waals surface area (Å²) >= 11 is 1.21. The van der Waals surface area contributed by atoms with Crippen LogP contribution in [0.3, 0.4) is 0 Å². The lowest BCUT2D eigenvalue weighted by Crippen LogP contribution is -2.56. The number of nitrogens with two attached hydrogens (primary N) is 4. The molecular formula is C27H41N9O5S. The molecule has 14 nitrogen and oxygen atoms in total. The number of hydrogen-bond donors (Lipinski definition) is 7. The van der Waals surface area contributed by atoms with E-state index in [9.17, 15) is 24.0 Å². The molecule has 0 saturated heterocycles. The maximum atomic E-state index is 13.4. The molecule has 0 spiro atoms. The summed E-state index contributed by atoms with van der Waals surface area (Å²) in [6.07, 6.45) is 0.731. The van der Waals surface area contributed by atoms with Gasteiger partial charge in [0.2, 0.25) is 29.4 Å². The van der Waals surface area contributed by atoms with Crippen LogP contribution in [0.5, 0.6) is 0 Å². The van der Waals surface area contributed by atoms with Gasteiger partial charge in [-0.1, -0.05) is 26.0 Å². The van der Waals surface area contributed by atoms with Gasteiger partial charge in [0, 0.05) is 13.0 Å². The number of carbonyl (C=O) groups is 5. The first kappa shape index (κ1) is 34.1. The first-order valence-electron chi connectivity index (χ1n) is 13.7. The van der Waals surface area contributed by atoms with Gasteiger partial charge in [0.1, 0.15) is 12.1 Å². The van der Waals surface area contributed by atoms with Gasteiger partial charge in [-0.05, 0) is 50.7 Å². The Balaban J connectivity index is 2.14. The molecule has 2 rings (SSSR count). The number of amides is 4. The smallest absolute Gasteiger partial charge is 0.243 e. The number of thiazole rings is 1. The number of aliphatic imine (C=N–C) groups is 1. The fraction of sp³-hybridized carbons (Fsp3) is 0.519. The van der Waals surface area contributed by atoms with Crippen molar-refractivity contribution in [3.05, 3.63) is 29.3 Å². The van der Waals surface area contributed by atoms with Gasteiger partial charge >= 0.3 is 0 Å². The Bertz CT molecular complexity index is 1260. The fourth-order valence-corrected chi connectivity index (χ4v) is 4.98. The molecule has 42 heavy (non-hydrogen) atoms. The van der Waals surface area contributed by atoms with Gasteiger partial charge in [-0.2, -0.15) is 0 Å². The Labute approximate surface area is 248 Å². The van der Waals surface area contributed by atoms with E-state index in [1.165, 1.54) is 18.3 Å². The van der Waals surface area contributed by atoms with Crippen molar-refractivity contribution in [2.45, 2.75) is 77.0 Å². The van der Waals surface area contributed by atoms with Crippen LogP contribution in [0, 0.1) is 5.92 Å². The highest BCUT2D eigenvalue weighted by Gasteiger charge is 2.30. The van der Waals surface area contributed by atoms with Crippen molar-refractivity contribution in [1.82, 2.24) is 20.9 Å². The van der Waals surface area contributed by atoms with Crippen LogP contribution in [0.25, 0.3) is 10.2 Å². The highest BCUT2D eigenvalue weighted by molar-refractivity contribution is 7.20. The first-order valence-corrected chi connectivity index (χ1v) is 14.5. The molecule has 1 heterocycles. The van der Waals surface area contributed by atoms with Crippen LogP contribution in [0.1, 0.15) is 62.7 Å². The van der Waals surface area contributed by atoms with E-state index in [1.807, 2.05) is 32.0 Å². The predicted molar refractivity (Wildman–Crippen MR) is 161 cm³/mol. The molecule has 11 N–H and O–H groups in total. The van der Waals surface area contributed by atoms with E-state index in [4.69, 9.17) is 22.9 Å². The Hall–Kier alpha value is -4.11. The minimum atomic E-state index is -1.15. The maximum Gasteiger partial charge on any atom is 0.243 e. The van der Waals surface area contributed by atoms with Crippen LogP contribution in [-0.2, 0) is 19.2 Å². The zero-order chi connectivity index (χ0) is 31.4. The number of carbonyl (C=O) groups excluding carboxylic acids is 5. The van der Waals surface area contributed by atoms with Crippen LogP contribution in [0.4, 0.5) is 0 Å². The Morgan fingerprint density at radius 3 is 2.19 bits per heavy atom. The zero-order valence-electron chi connectivity index (χ0n) is 24.1. The molecule has 0 fully saturated rings. The number of aromatic nitrogens is 1. The summed E-state index contributed by atoms with van der Waals surface area (Å²) in [4.78, 5) is 71.8. The van der Waals surface area contributed by atoms with Crippen molar-refractivity contribution in [3.8, 4) is 0 Å². The third kappa shape index (κ3) is 11.0. The van der Waals surface area contributed by atoms with E-state index in [0.29, 0.717) is 18.4 Å². The summed E-state index contributed by atoms with van der Waals surface area (Å²) in [5.41, 5.74) is 22.6. The molecular weight excluding hydrogens is 562 g/mol. The van der Waals surface area contributed by atoms with Crippen molar-refractivity contribution in [1.29, 1.82) is 0 Å². The van der Waals surface area contributed by atoms with Gasteiger partial charge in [-0.25, -0.2) is 4.98 Å². The third-order valence-electron chi connectivity index (χ3n) is 6.21. The summed E-state index contributed by atoms with van der Waals surface area (Å²) in [5.74, 6) is -2.90. The van der Waals surface area contributed by atoms with Crippen LogP contribution in [0.15, 0.2) is 29.3 Å². The molecule has 230 valence electrons. The highest BCUT2D eigenvalue weighted by Crippen LogP contribution is 2.23. The average Bonchev–Trinajstić information content (AvgIpc) is 3.35. The summed E-state index contributed by atoms with van der Waals surface area (Å²) < 4.78 is 0.823. The van der Waals surface area contributed by atoms with Gasteiger partial charge in [-0.15, -0.1) is 11.3 Å². The Kier molecular flexibility index (Phi) is 13.3. The lowest BCUT2D eigenvalue weighted by molar-refractivity contribution is -0.132. The van der Waals surface area contributed by atoms with Crippen LogP contribution in [-0.4, -0.2) is 71.1 Å². The number of para-hydroxylation sites is 1. The molecule has 0 unspecified atom stereocenters. The highest BCUT2D eigenvalue weighted by atomic mass is 32.1. The largest absolute Gasteiger partial charge is 0.370 e. The second-order valence-electron chi connectivity index (χ2n) is 10.4. The van der Waals surface area contributed by atoms with Crippen molar-refractivity contribution < 1.29 is 24.0 Å². The number of nitrogens with one attached hydrogen (secondary N) is 3. The second-order valence-corrected chi connectivity index (χ2v) is 11.4. The topological polar surface area (TPSA) is 251 Å². The van der Waals surface area contributed by atoms with Gasteiger partial charge in [0.25, 0.3) is 0 Å². The predicted octanol–water partition coefficient (Wildman–Crippen LogP) is -0.354. The monoisotopic (exact) mass is 603 g/mol. The molecule has 4 amide bonds. The molecule has 4 atom stereocenters. The number of hydrogen-bond acceptors (Lipinski definition) is 9. The van der Waals surface area contributed by atoms with E-state index in [1.54, 1.807) is 6.07 Å². The normalized spacial score (nSPS) is 13.9. The minimum Gasteiger partial charge on any atom is -0.370 e. The lowest BCUT2D eigenvalue weighted by Gasteiger charge is -2.24. The molecule has 0 radical (unpaired) electrons. The molecule has 0 saturated carbocycles. The molecule has 0 aliphatic rings. The molecule has 1 aromatic carbocycles. The number of guanidine groups is 1. The fourth-order valence-electron chi connectivity index (χ4n) is 4.02. The minimum absolute atomic E-state index is 0.0842. The van der Waals surface area contributed by atoms with Gasteiger partial charge in [-0.3, -0.25) is 29.0 Å².